The number of allylic oxidation sites excluding steroid dienone is 2. The molecule has 1 heterocycles. The largest absolute Gasteiger partial charge is 0.190 e. The molecular formula is C18H32N2. The lowest BCUT2D eigenvalue weighted by atomic mass is 10.1. The van der Waals surface area contributed by atoms with Crippen LogP contribution in [-0.2, 0) is 0 Å². The molecule has 0 fully saturated rings. The number of rotatable bonds is 6. The molecule has 0 aromatic heterocycles. The third-order valence-electron chi connectivity index (χ3n) is 3.82. The maximum absolute atomic E-state index is 4.67. The molecule has 0 N–H and O–H groups in total. The van der Waals surface area contributed by atoms with E-state index >= 15 is 0 Å². The Morgan fingerprint density at radius 1 is 0.750 bits per heavy atom. The second-order valence-corrected chi connectivity index (χ2v) is 5.81. The predicted molar refractivity (Wildman–Crippen MR) is 88.2 cm³/mol. The van der Waals surface area contributed by atoms with Gasteiger partial charge in [-0.3, -0.25) is 0 Å². The minimum absolute atomic E-state index is 0.402. The average molecular weight is 276 g/mol. The maximum atomic E-state index is 4.67. The molecule has 2 nitrogen and oxygen atoms in total. The van der Waals surface area contributed by atoms with Crippen LogP contribution in [-0.4, -0.2) is 12.1 Å². The number of nitrogens with zero attached hydrogens (tertiary/aromatic N) is 2. The third-order valence-corrected chi connectivity index (χ3v) is 3.82. The molecule has 114 valence electrons. The fraction of sp³-hybridized carbons (Fsp3) is 0.778. The fourth-order valence-electron chi connectivity index (χ4n) is 2.45. The van der Waals surface area contributed by atoms with Crippen LogP contribution in [0.25, 0.3) is 0 Å². The van der Waals surface area contributed by atoms with Gasteiger partial charge in [0.15, 0.2) is 0 Å². The van der Waals surface area contributed by atoms with Gasteiger partial charge in [0, 0.05) is 0 Å². The number of hydrogen-bond acceptors (Lipinski definition) is 2. The van der Waals surface area contributed by atoms with Crippen LogP contribution >= 0.6 is 0 Å². The molecule has 20 heavy (non-hydrogen) atoms. The molecule has 2 unspecified atom stereocenters. The predicted octanol–water partition coefficient (Wildman–Crippen LogP) is 6.24. The van der Waals surface area contributed by atoms with Crippen LogP contribution in [0.3, 0.4) is 0 Å². The Bertz CT molecular complexity index is 275. The lowest BCUT2D eigenvalue weighted by molar-refractivity contribution is 0.503. The van der Waals surface area contributed by atoms with Gasteiger partial charge in [-0.15, -0.1) is 0 Å². The lowest BCUT2D eigenvalue weighted by Crippen LogP contribution is -2.07. The Morgan fingerprint density at radius 2 is 1.20 bits per heavy atom. The Morgan fingerprint density at radius 3 is 1.60 bits per heavy atom. The first kappa shape index (κ1) is 17.1. The van der Waals surface area contributed by atoms with Crippen LogP contribution in [0, 0.1) is 0 Å². The highest BCUT2D eigenvalue weighted by Crippen LogP contribution is 2.16. The number of azo groups is 1. The number of unbranched alkanes of at least 4 members (excludes halogenated alkanes) is 2. The molecule has 0 amide bonds. The molecule has 0 aromatic rings. The molecule has 1 aliphatic heterocycles. The summed E-state index contributed by atoms with van der Waals surface area (Å²) in [6.07, 6.45) is 21.0. The molecule has 0 bridgehead atoms. The molecule has 0 saturated heterocycles. The summed E-state index contributed by atoms with van der Waals surface area (Å²) in [6, 6.07) is 0.803. The molecule has 1 aliphatic rings. The molecular weight excluding hydrogens is 244 g/mol. The van der Waals surface area contributed by atoms with E-state index in [-0.39, 0.29) is 0 Å². The van der Waals surface area contributed by atoms with Crippen molar-refractivity contribution in [3.63, 3.8) is 0 Å². The van der Waals surface area contributed by atoms with E-state index in [0.717, 1.165) is 25.7 Å². The monoisotopic (exact) mass is 276 g/mol. The SMILES string of the molecule is CCCCC1C/C=C/CC/C=C/CC(CCCC)/N=N/1. The summed E-state index contributed by atoms with van der Waals surface area (Å²) in [6.45, 7) is 4.49. The Labute approximate surface area is 125 Å². The van der Waals surface area contributed by atoms with Gasteiger partial charge in [0.2, 0.25) is 0 Å². The van der Waals surface area contributed by atoms with E-state index in [1.807, 2.05) is 0 Å². The highest BCUT2D eigenvalue weighted by Gasteiger charge is 2.08. The van der Waals surface area contributed by atoms with E-state index in [9.17, 15) is 0 Å². The minimum atomic E-state index is 0.402. The van der Waals surface area contributed by atoms with Crippen LogP contribution in [0.4, 0.5) is 0 Å². The van der Waals surface area contributed by atoms with Crippen molar-refractivity contribution in [3.8, 4) is 0 Å². The normalized spacial score (nSPS) is 29.1. The van der Waals surface area contributed by atoms with Gasteiger partial charge in [0.1, 0.15) is 0 Å². The topological polar surface area (TPSA) is 24.7 Å². The summed E-state index contributed by atoms with van der Waals surface area (Å²) in [5.41, 5.74) is 0. The van der Waals surface area contributed by atoms with Gasteiger partial charge >= 0.3 is 0 Å². The zero-order chi connectivity index (χ0) is 14.5. The molecule has 0 aliphatic carbocycles. The maximum Gasteiger partial charge on any atom is 0.0742 e. The van der Waals surface area contributed by atoms with Crippen molar-refractivity contribution in [1.82, 2.24) is 0 Å². The highest BCUT2D eigenvalue weighted by molar-refractivity contribution is 4.92. The minimum Gasteiger partial charge on any atom is -0.190 e. The van der Waals surface area contributed by atoms with Gasteiger partial charge in [0.25, 0.3) is 0 Å². The van der Waals surface area contributed by atoms with E-state index < -0.39 is 0 Å². The zero-order valence-electron chi connectivity index (χ0n) is 13.4. The van der Waals surface area contributed by atoms with Gasteiger partial charge in [0.05, 0.1) is 12.1 Å². The molecule has 2 atom stereocenters. The average Bonchev–Trinajstić information content (AvgIpc) is 2.46. The molecule has 0 saturated carbocycles. The summed E-state index contributed by atoms with van der Waals surface area (Å²) in [7, 11) is 0. The second-order valence-electron chi connectivity index (χ2n) is 5.81. The van der Waals surface area contributed by atoms with Crippen molar-refractivity contribution in [1.29, 1.82) is 0 Å². The van der Waals surface area contributed by atoms with E-state index in [0.29, 0.717) is 12.1 Å². The number of hydrogen-bond donors (Lipinski definition) is 0. The van der Waals surface area contributed by atoms with Gasteiger partial charge in [-0.05, 0) is 38.5 Å². The van der Waals surface area contributed by atoms with Crippen LogP contribution in [0.15, 0.2) is 34.5 Å². The van der Waals surface area contributed by atoms with Gasteiger partial charge in [-0.2, -0.15) is 10.2 Å². The molecule has 0 radical (unpaired) electrons. The van der Waals surface area contributed by atoms with Gasteiger partial charge in [-0.25, -0.2) is 0 Å². The molecule has 0 spiro atoms. The standard InChI is InChI=1S/C18H32N2/c1-3-5-13-17-15-11-9-7-8-10-12-16-18(20-19-17)14-6-4-2/h9-12,17-18H,3-8,13-16H2,1-2H3/b11-9+,12-10+,20-19+. The van der Waals surface area contributed by atoms with Crippen LogP contribution in [0.5, 0.6) is 0 Å². The lowest BCUT2D eigenvalue weighted by Gasteiger charge is -2.12. The summed E-state index contributed by atoms with van der Waals surface area (Å²) >= 11 is 0. The summed E-state index contributed by atoms with van der Waals surface area (Å²) < 4.78 is 0. The summed E-state index contributed by atoms with van der Waals surface area (Å²) in [5, 5.41) is 9.34. The first-order valence-electron chi connectivity index (χ1n) is 8.56. The smallest absolute Gasteiger partial charge is 0.0742 e. The van der Waals surface area contributed by atoms with Crippen molar-refractivity contribution in [2.24, 2.45) is 10.2 Å². The first-order chi connectivity index (χ1) is 9.86. The van der Waals surface area contributed by atoms with Crippen LogP contribution in [0.2, 0.25) is 0 Å². The molecule has 1 rings (SSSR count). The zero-order valence-corrected chi connectivity index (χ0v) is 13.4. The van der Waals surface area contributed by atoms with Crippen LogP contribution < -0.4 is 0 Å². The van der Waals surface area contributed by atoms with E-state index in [1.165, 1.54) is 38.5 Å². The Balaban J connectivity index is 2.62. The van der Waals surface area contributed by atoms with Gasteiger partial charge in [-0.1, -0.05) is 63.8 Å². The Hall–Kier alpha value is -0.920. The van der Waals surface area contributed by atoms with Crippen molar-refractivity contribution >= 4 is 0 Å². The van der Waals surface area contributed by atoms with Gasteiger partial charge < -0.3 is 0 Å². The summed E-state index contributed by atoms with van der Waals surface area (Å²) in [4.78, 5) is 0. The van der Waals surface area contributed by atoms with E-state index in [4.69, 9.17) is 0 Å². The van der Waals surface area contributed by atoms with Crippen molar-refractivity contribution in [3.05, 3.63) is 24.3 Å². The summed E-state index contributed by atoms with van der Waals surface area (Å²) in [5.74, 6) is 0. The molecule has 0 aromatic carbocycles. The first-order valence-corrected chi connectivity index (χ1v) is 8.56. The highest BCUT2D eigenvalue weighted by atomic mass is 15.1. The Kier molecular flexibility index (Phi) is 10.2. The van der Waals surface area contributed by atoms with Crippen molar-refractivity contribution in [2.75, 3.05) is 0 Å². The van der Waals surface area contributed by atoms with E-state index in [1.54, 1.807) is 0 Å². The fourth-order valence-corrected chi connectivity index (χ4v) is 2.45. The third kappa shape index (κ3) is 8.29. The van der Waals surface area contributed by atoms with Crippen LogP contribution in [0.1, 0.15) is 78.1 Å². The van der Waals surface area contributed by atoms with E-state index in [2.05, 4.69) is 48.4 Å². The molecule has 2 heteroatoms. The van der Waals surface area contributed by atoms with Crippen molar-refractivity contribution in [2.45, 2.75) is 90.1 Å². The van der Waals surface area contributed by atoms with Crippen molar-refractivity contribution < 1.29 is 0 Å². The second kappa shape index (κ2) is 11.9. The quantitative estimate of drug-likeness (QED) is 0.513.